The Kier molecular flexibility index (Phi) is 6.72. The molecule has 34 heavy (non-hydrogen) atoms. The third kappa shape index (κ3) is 5.24. The van der Waals surface area contributed by atoms with E-state index in [2.05, 4.69) is 0 Å². The predicted octanol–water partition coefficient (Wildman–Crippen LogP) is 2.97. The molecule has 0 aliphatic rings. The fraction of sp³-hybridized carbons (Fsp3) is 0.400. The molecule has 6 N–H and O–H groups in total. The van der Waals surface area contributed by atoms with E-state index in [4.69, 9.17) is 9.78 Å². The van der Waals surface area contributed by atoms with E-state index in [1.54, 1.807) is 20.8 Å². The lowest BCUT2D eigenvalue weighted by Crippen LogP contribution is -2.18. The molecule has 0 amide bonds. The molecule has 0 spiro atoms. The lowest BCUT2D eigenvalue weighted by Gasteiger charge is -2.24. The predicted molar refractivity (Wildman–Crippen MR) is 118 cm³/mol. The van der Waals surface area contributed by atoms with Crippen LogP contribution in [0.1, 0.15) is 52.7 Å². The average Bonchev–Trinajstić information content (AvgIpc) is 2.59. The van der Waals surface area contributed by atoms with Gasteiger partial charge in [0.15, 0.2) is 16.4 Å². The van der Waals surface area contributed by atoms with Gasteiger partial charge in [0.1, 0.15) is 10.6 Å². The Bertz CT molecular complexity index is 1350. The molecule has 14 heteroatoms. The molecule has 0 fully saturated rings. The Morgan fingerprint density at radius 2 is 0.971 bits per heavy atom. The van der Waals surface area contributed by atoms with E-state index in [1.165, 1.54) is 20.8 Å². The SMILES string of the molecule is CC(C)(C)c1cc(OOc2cc(C(C)(C)C)c(S(=O)(=O)O)c(O)c2O)c(O)c(S(=O)(=O)O)c1O. The van der Waals surface area contributed by atoms with Gasteiger partial charge in [-0.1, -0.05) is 41.5 Å². The summed E-state index contributed by atoms with van der Waals surface area (Å²) in [6.07, 6.45) is 0. The van der Waals surface area contributed by atoms with Crippen LogP contribution in [-0.4, -0.2) is 46.4 Å². The fourth-order valence-electron chi connectivity index (χ4n) is 3.08. The van der Waals surface area contributed by atoms with Crippen LogP contribution in [0, 0.1) is 0 Å². The van der Waals surface area contributed by atoms with Crippen molar-refractivity contribution < 1.29 is 56.1 Å². The van der Waals surface area contributed by atoms with E-state index < -0.39 is 75.4 Å². The fourth-order valence-corrected chi connectivity index (χ4v) is 4.77. The molecule has 2 aromatic rings. The molecule has 0 unspecified atom stereocenters. The van der Waals surface area contributed by atoms with Crippen molar-refractivity contribution in [3.8, 4) is 34.5 Å². The van der Waals surface area contributed by atoms with E-state index in [9.17, 15) is 46.4 Å². The molecule has 0 aliphatic heterocycles. The minimum atomic E-state index is -5.13. The van der Waals surface area contributed by atoms with E-state index in [0.717, 1.165) is 12.1 Å². The Labute approximate surface area is 196 Å². The number of rotatable bonds is 5. The topological polar surface area (TPSA) is 208 Å². The first-order chi connectivity index (χ1) is 15.1. The molecule has 190 valence electrons. The van der Waals surface area contributed by atoms with Crippen LogP contribution in [0.3, 0.4) is 0 Å². The van der Waals surface area contributed by atoms with Gasteiger partial charge in [0.25, 0.3) is 10.1 Å². The molecule has 0 heterocycles. The second-order valence-corrected chi connectivity index (χ2v) is 12.2. The third-order valence-corrected chi connectivity index (χ3v) is 6.57. The summed E-state index contributed by atoms with van der Waals surface area (Å²) in [5.41, 5.74) is -2.16. The van der Waals surface area contributed by atoms with Gasteiger partial charge in [-0.05, 0) is 28.5 Å². The van der Waals surface area contributed by atoms with Gasteiger partial charge in [0.05, 0.1) is 0 Å². The highest BCUT2D eigenvalue weighted by atomic mass is 32.2. The molecular weight excluding hydrogens is 496 g/mol. The summed E-state index contributed by atoms with van der Waals surface area (Å²) in [5, 5.41) is 41.1. The van der Waals surface area contributed by atoms with Crippen LogP contribution < -0.4 is 9.78 Å². The van der Waals surface area contributed by atoms with Crippen LogP contribution in [0.25, 0.3) is 0 Å². The van der Waals surface area contributed by atoms with Gasteiger partial charge in [-0.15, -0.1) is 0 Å². The summed E-state index contributed by atoms with van der Waals surface area (Å²) in [7, 11) is -10.1. The maximum Gasteiger partial charge on any atom is 0.302 e. The first-order valence-corrected chi connectivity index (χ1v) is 12.4. The smallest absolute Gasteiger partial charge is 0.302 e. The zero-order valence-electron chi connectivity index (χ0n) is 19.1. The van der Waals surface area contributed by atoms with Crippen molar-refractivity contribution in [1.82, 2.24) is 0 Å². The molecule has 2 rings (SSSR count). The molecule has 0 saturated carbocycles. The van der Waals surface area contributed by atoms with Crippen molar-refractivity contribution >= 4 is 20.2 Å². The van der Waals surface area contributed by atoms with Crippen molar-refractivity contribution in [2.75, 3.05) is 0 Å². The lowest BCUT2D eigenvalue weighted by molar-refractivity contribution is -0.104. The number of phenolic OH excluding ortho intramolecular Hbond substituents is 4. The van der Waals surface area contributed by atoms with Crippen molar-refractivity contribution in [2.24, 2.45) is 0 Å². The Balaban J connectivity index is 2.72. The van der Waals surface area contributed by atoms with Gasteiger partial charge in [-0.25, -0.2) is 0 Å². The number of benzene rings is 2. The first-order valence-electron chi connectivity index (χ1n) is 9.56. The molecule has 0 radical (unpaired) electrons. The number of hydrogen-bond acceptors (Lipinski definition) is 10. The maximum absolute atomic E-state index is 11.8. The largest absolute Gasteiger partial charge is 0.506 e. The summed E-state index contributed by atoms with van der Waals surface area (Å²) in [4.78, 5) is 7.71. The number of hydrogen-bond donors (Lipinski definition) is 6. The Morgan fingerprint density at radius 3 is 1.35 bits per heavy atom. The summed E-state index contributed by atoms with van der Waals surface area (Å²) in [6, 6.07) is 1.97. The van der Waals surface area contributed by atoms with E-state index >= 15 is 0 Å². The zero-order valence-corrected chi connectivity index (χ0v) is 20.7. The average molecular weight is 523 g/mol. The van der Waals surface area contributed by atoms with Crippen molar-refractivity contribution in [1.29, 1.82) is 0 Å². The van der Waals surface area contributed by atoms with Gasteiger partial charge < -0.3 is 20.4 Å². The third-order valence-electron chi connectivity index (χ3n) is 4.74. The first kappa shape index (κ1) is 27.3. The molecule has 2 aromatic carbocycles. The van der Waals surface area contributed by atoms with Gasteiger partial charge in [-0.2, -0.15) is 16.8 Å². The molecule has 0 atom stereocenters. The van der Waals surface area contributed by atoms with Crippen LogP contribution >= 0.6 is 0 Å². The van der Waals surface area contributed by atoms with E-state index in [1.807, 2.05) is 0 Å². The second kappa shape index (κ2) is 8.37. The second-order valence-electron chi connectivity index (χ2n) is 9.51. The number of phenols is 4. The zero-order chi connectivity index (χ0) is 26.6. The van der Waals surface area contributed by atoms with Crippen LogP contribution in [-0.2, 0) is 31.1 Å². The summed E-state index contributed by atoms with van der Waals surface area (Å²) < 4.78 is 66.0. The molecule has 0 aliphatic carbocycles. The Hall–Kier alpha value is -2.94. The van der Waals surface area contributed by atoms with Gasteiger partial charge in [-0.3, -0.25) is 18.9 Å². The van der Waals surface area contributed by atoms with E-state index in [0.29, 0.717) is 0 Å². The quantitative estimate of drug-likeness (QED) is 0.145. The molecule has 12 nitrogen and oxygen atoms in total. The van der Waals surface area contributed by atoms with Crippen LogP contribution in [0.2, 0.25) is 0 Å². The van der Waals surface area contributed by atoms with Crippen molar-refractivity contribution in [3.05, 3.63) is 23.3 Å². The molecule has 0 aromatic heterocycles. The van der Waals surface area contributed by atoms with Crippen molar-refractivity contribution in [3.63, 3.8) is 0 Å². The van der Waals surface area contributed by atoms with Crippen LogP contribution in [0.5, 0.6) is 34.5 Å². The van der Waals surface area contributed by atoms with Gasteiger partial charge >= 0.3 is 10.1 Å². The van der Waals surface area contributed by atoms with E-state index in [-0.39, 0.29) is 11.1 Å². The van der Waals surface area contributed by atoms with Crippen molar-refractivity contribution in [2.45, 2.75) is 62.2 Å². The highest BCUT2D eigenvalue weighted by Crippen LogP contribution is 2.48. The standard InChI is InChI=1S/C20H26O12S2/c1-19(2,3)9-7-12(15(23)18(13(9)21)34(28,29)30)32-31-11-8-10(20(4,5)6)17(33(25,26)27)16(24)14(11)22/h7-8,21-24H,1-6H3,(H,25,26,27)(H,28,29,30). The highest BCUT2D eigenvalue weighted by Gasteiger charge is 2.34. The molecule has 0 saturated heterocycles. The normalized spacial score (nSPS) is 13.1. The van der Waals surface area contributed by atoms with Gasteiger partial charge in [0, 0.05) is 5.56 Å². The van der Waals surface area contributed by atoms with Gasteiger partial charge in [0.2, 0.25) is 17.2 Å². The number of aromatic hydroxyl groups is 4. The monoisotopic (exact) mass is 522 g/mol. The van der Waals surface area contributed by atoms with Crippen LogP contribution in [0.15, 0.2) is 21.9 Å². The summed E-state index contributed by atoms with van der Waals surface area (Å²) in [5.74, 6) is -5.89. The molecule has 0 bridgehead atoms. The Morgan fingerprint density at radius 1 is 0.588 bits per heavy atom. The maximum atomic E-state index is 11.8. The van der Waals surface area contributed by atoms with Crippen LogP contribution in [0.4, 0.5) is 0 Å². The molecular formula is C20H26O12S2. The summed E-state index contributed by atoms with van der Waals surface area (Å²) in [6.45, 7) is 9.38. The highest BCUT2D eigenvalue weighted by molar-refractivity contribution is 7.86. The minimum absolute atomic E-state index is 0.0688. The lowest BCUT2D eigenvalue weighted by atomic mass is 9.86. The minimum Gasteiger partial charge on any atom is -0.506 e. The summed E-state index contributed by atoms with van der Waals surface area (Å²) >= 11 is 0.